The zero-order valence-electron chi connectivity index (χ0n) is 12.8. The molecule has 0 saturated heterocycles. The van der Waals surface area contributed by atoms with Crippen molar-refractivity contribution in [1.82, 2.24) is 10.0 Å². The van der Waals surface area contributed by atoms with Crippen LogP contribution < -0.4 is 5.73 Å². The Morgan fingerprint density at radius 1 is 0.958 bits per heavy atom. The number of nitrogens with zero attached hydrogens (tertiary/aromatic N) is 2. The predicted molar refractivity (Wildman–Crippen MR) is 88.7 cm³/mol. The monoisotopic (exact) mass is 321 g/mol. The van der Waals surface area contributed by atoms with Gasteiger partial charge in [-0.3, -0.25) is 14.6 Å². The molecule has 3 amide bonds. The number of nitrogens with two attached hydrogens (primary N) is 1. The van der Waals surface area contributed by atoms with Gasteiger partial charge in [-0.05, 0) is 24.3 Å². The molecule has 0 spiro atoms. The lowest BCUT2D eigenvalue weighted by molar-refractivity contribution is -0.0963. The molecule has 0 fully saturated rings. The highest BCUT2D eigenvalue weighted by Crippen LogP contribution is 2.13. The molecule has 0 bridgehead atoms. The summed E-state index contributed by atoms with van der Waals surface area (Å²) in [4.78, 5) is 33.6. The number of benzene rings is 2. The molecule has 0 atom stereocenters. The van der Waals surface area contributed by atoms with Crippen molar-refractivity contribution in [3.05, 3.63) is 78.0 Å². The van der Waals surface area contributed by atoms with Gasteiger partial charge in [-0.1, -0.05) is 42.5 Å². The molecule has 0 aliphatic heterocycles. The first-order valence-corrected chi connectivity index (χ1v) is 7.31. The molecule has 3 rings (SSSR count). The first-order valence-electron chi connectivity index (χ1n) is 7.31. The van der Waals surface area contributed by atoms with Crippen LogP contribution in [0.15, 0.2) is 66.7 Å². The van der Waals surface area contributed by atoms with E-state index in [2.05, 4.69) is 4.98 Å². The number of para-hydroxylation sites is 1. The number of hydroxylamine groups is 2. The van der Waals surface area contributed by atoms with Gasteiger partial charge in [0.1, 0.15) is 6.61 Å². The van der Waals surface area contributed by atoms with Gasteiger partial charge in [0, 0.05) is 10.9 Å². The van der Waals surface area contributed by atoms with Crippen molar-refractivity contribution in [2.24, 2.45) is 5.73 Å². The van der Waals surface area contributed by atoms with Gasteiger partial charge in [0.25, 0.3) is 5.91 Å². The largest absolute Gasteiger partial charge is 0.349 e. The molecule has 1 heterocycles. The third-order valence-electron chi connectivity index (χ3n) is 3.40. The Labute approximate surface area is 138 Å². The number of amides is 3. The molecule has 0 unspecified atom stereocenters. The van der Waals surface area contributed by atoms with Crippen LogP contribution in [0.25, 0.3) is 10.9 Å². The fourth-order valence-corrected chi connectivity index (χ4v) is 2.24. The number of carbonyl (C=O) groups is 2. The zero-order chi connectivity index (χ0) is 16.9. The normalized spacial score (nSPS) is 10.5. The lowest BCUT2D eigenvalue weighted by Crippen LogP contribution is -2.40. The summed E-state index contributed by atoms with van der Waals surface area (Å²) in [5.41, 5.74) is 6.95. The second-order valence-electron chi connectivity index (χ2n) is 5.07. The quantitative estimate of drug-likeness (QED) is 0.749. The average Bonchev–Trinajstić information content (AvgIpc) is 2.62. The van der Waals surface area contributed by atoms with E-state index in [0.29, 0.717) is 16.3 Å². The minimum absolute atomic E-state index is 0.0493. The predicted octanol–water partition coefficient (Wildman–Crippen LogP) is 2.89. The fraction of sp³-hybridized carbons (Fsp3) is 0.0556. The highest BCUT2D eigenvalue weighted by molar-refractivity contribution is 6.02. The summed E-state index contributed by atoms with van der Waals surface area (Å²) in [5.74, 6) is -0.621. The van der Waals surface area contributed by atoms with Crippen molar-refractivity contribution < 1.29 is 14.4 Å². The van der Waals surface area contributed by atoms with Crippen LogP contribution in [0.3, 0.4) is 0 Å². The molecule has 3 aromatic rings. The van der Waals surface area contributed by atoms with E-state index in [1.54, 1.807) is 36.4 Å². The zero-order valence-corrected chi connectivity index (χ0v) is 12.8. The summed E-state index contributed by atoms with van der Waals surface area (Å²) >= 11 is 0. The average molecular weight is 321 g/mol. The molecule has 0 aliphatic carbocycles. The molecular weight excluding hydrogens is 306 g/mol. The summed E-state index contributed by atoms with van der Waals surface area (Å²) in [5, 5.41) is 1.54. The summed E-state index contributed by atoms with van der Waals surface area (Å²) < 4.78 is 0. The maximum Gasteiger partial charge on any atom is 0.346 e. The Morgan fingerprint density at radius 2 is 1.67 bits per heavy atom. The lowest BCUT2D eigenvalue weighted by atomic mass is 10.2. The smallest absolute Gasteiger partial charge is 0.346 e. The van der Waals surface area contributed by atoms with E-state index in [4.69, 9.17) is 10.6 Å². The minimum atomic E-state index is -0.982. The number of fused-ring (bicyclic) bond motifs is 1. The summed E-state index contributed by atoms with van der Waals surface area (Å²) in [6.45, 7) is -0.0493. The molecular formula is C18H15N3O3. The number of imide groups is 1. The van der Waals surface area contributed by atoms with Crippen LogP contribution in [0.1, 0.15) is 16.1 Å². The third-order valence-corrected chi connectivity index (χ3v) is 3.40. The van der Waals surface area contributed by atoms with Crippen LogP contribution in [-0.4, -0.2) is 22.0 Å². The number of hydrogen-bond donors (Lipinski definition) is 1. The summed E-state index contributed by atoms with van der Waals surface area (Å²) in [6, 6.07) is 18.6. The Bertz CT molecular complexity index is 881. The summed E-state index contributed by atoms with van der Waals surface area (Å²) in [7, 11) is 0. The fourth-order valence-electron chi connectivity index (χ4n) is 2.24. The van der Waals surface area contributed by atoms with Crippen molar-refractivity contribution >= 4 is 22.8 Å². The van der Waals surface area contributed by atoms with Crippen LogP contribution in [0.4, 0.5) is 4.79 Å². The number of aromatic nitrogens is 1. The molecule has 0 radical (unpaired) electrons. The number of hydrogen-bond acceptors (Lipinski definition) is 4. The maximum absolute atomic E-state index is 12.3. The van der Waals surface area contributed by atoms with Crippen molar-refractivity contribution in [2.45, 2.75) is 6.61 Å². The highest BCUT2D eigenvalue weighted by Gasteiger charge is 2.22. The Kier molecular flexibility index (Phi) is 4.49. The van der Waals surface area contributed by atoms with Crippen molar-refractivity contribution in [3.8, 4) is 0 Å². The number of primary amides is 1. The molecule has 24 heavy (non-hydrogen) atoms. The number of rotatable bonds is 4. The highest BCUT2D eigenvalue weighted by atomic mass is 16.7. The Hall–Kier alpha value is -3.25. The van der Waals surface area contributed by atoms with Gasteiger partial charge in [0.2, 0.25) is 0 Å². The van der Waals surface area contributed by atoms with Gasteiger partial charge in [0.05, 0.1) is 11.2 Å². The molecule has 6 heteroatoms. The van der Waals surface area contributed by atoms with E-state index in [0.717, 1.165) is 10.9 Å². The molecule has 0 saturated carbocycles. The van der Waals surface area contributed by atoms with E-state index in [-0.39, 0.29) is 6.61 Å². The molecule has 120 valence electrons. The number of carbonyl (C=O) groups excluding carboxylic acids is 2. The van der Waals surface area contributed by atoms with Gasteiger partial charge in [-0.2, -0.15) is 0 Å². The van der Waals surface area contributed by atoms with E-state index in [1.165, 1.54) is 0 Å². The molecule has 6 nitrogen and oxygen atoms in total. The standard InChI is InChI=1S/C18H15N3O3/c19-18(23)21(17(22)14-7-2-1-3-8-14)24-12-15-11-10-13-6-4-5-9-16(13)20-15/h1-11H,12H2,(H2,19,23). The Morgan fingerprint density at radius 3 is 2.42 bits per heavy atom. The van der Waals surface area contributed by atoms with Crippen LogP contribution in [0, 0.1) is 0 Å². The van der Waals surface area contributed by atoms with Crippen LogP contribution in [-0.2, 0) is 11.4 Å². The molecule has 1 aromatic heterocycles. The van der Waals surface area contributed by atoms with Gasteiger partial charge < -0.3 is 5.73 Å². The molecule has 2 N–H and O–H groups in total. The van der Waals surface area contributed by atoms with E-state index < -0.39 is 11.9 Å². The number of urea groups is 1. The Balaban J connectivity index is 1.76. The maximum atomic E-state index is 12.3. The first-order chi connectivity index (χ1) is 11.6. The first kappa shape index (κ1) is 15.6. The van der Waals surface area contributed by atoms with E-state index in [9.17, 15) is 9.59 Å². The third kappa shape index (κ3) is 3.39. The molecule has 2 aromatic carbocycles. The lowest BCUT2D eigenvalue weighted by Gasteiger charge is -2.17. The summed E-state index contributed by atoms with van der Waals surface area (Å²) in [6.07, 6.45) is 0. The topological polar surface area (TPSA) is 85.5 Å². The van der Waals surface area contributed by atoms with Crippen LogP contribution in [0.5, 0.6) is 0 Å². The van der Waals surface area contributed by atoms with Crippen LogP contribution in [0.2, 0.25) is 0 Å². The molecule has 0 aliphatic rings. The van der Waals surface area contributed by atoms with Gasteiger partial charge in [-0.15, -0.1) is 5.06 Å². The number of pyridine rings is 1. The second kappa shape index (κ2) is 6.89. The van der Waals surface area contributed by atoms with E-state index in [1.807, 2.05) is 30.3 Å². The van der Waals surface area contributed by atoms with Crippen LogP contribution >= 0.6 is 0 Å². The second-order valence-corrected chi connectivity index (χ2v) is 5.07. The van der Waals surface area contributed by atoms with Crippen molar-refractivity contribution in [3.63, 3.8) is 0 Å². The minimum Gasteiger partial charge on any atom is -0.349 e. The van der Waals surface area contributed by atoms with E-state index >= 15 is 0 Å². The van der Waals surface area contributed by atoms with Crippen molar-refractivity contribution in [1.29, 1.82) is 0 Å². The van der Waals surface area contributed by atoms with Gasteiger partial charge in [0.15, 0.2) is 0 Å². The van der Waals surface area contributed by atoms with Crippen molar-refractivity contribution in [2.75, 3.05) is 0 Å². The van der Waals surface area contributed by atoms with Gasteiger partial charge >= 0.3 is 6.03 Å². The SMILES string of the molecule is NC(=O)N(OCc1ccc2ccccc2n1)C(=O)c1ccccc1. The van der Waals surface area contributed by atoms with Gasteiger partial charge in [-0.25, -0.2) is 4.79 Å².